The highest BCUT2D eigenvalue weighted by Gasteiger charge is 2.14. The van der Waals surface area contributed by atoms with Crippen molar-refractivity contribution in [2.75, 3.05) is 0 Å². The quantitative estimate of drug-likeness (QED) is 0.637. The van der Waals surface area contributed by atoms with Crippen LogP contribution in [0.5, 0.6) is 0 Å². The van der Waals surface area contributed by atoms with E-state index in [1.165, 1.54) is 24.7 Å². The average Bonchev–Trinajstić information content (AvgIpc) is 2.70. The number of carbonyl (C=O) groups is 1. The van der Waals surface area contributed by atoms with E-state index in [2.05, 4.69) is 20.2 Å². The van der Waals surface area contributed by atoms with Crippen LogP contribution in [0, 0.1) is 0 Å². The summed E-state index contributed by atoms with van der Waals surface area (Å²) in [7, 11) is 0. The van der Waals surface area contributed by atoms with Crippen LogP contribution in [0.2, 0.25) is 0 Å². The lowest BCUT2D eigenvalue weighted by Crippen LogP contribution is -2.20. The van der Waals surface area contributed by atoms with Crippen molar-refractivity contribution in [1.29, 1.82) is 0 Å². The summed E-state index contributed by atoms with van der Waals surface area (Å²) in [6.45, 7) is 0. The topological polar surface area (TPSA) is 91.5 Å². The standard InChI is InChI=1S/C8H6N4O2/c13-7(5-1-2-11-12-5)6-8(14)10-4-3-9-6/h1-4H,(H,10,14)(H,11,12). The molecule has 0 radical (unpaired) electrons. The number of hydrogen-bond donors (Lipinski definition) is 2. The summed E-state index contributed by atoms with van der Waals surface area (Å²) >= 11 is 0. The summed E-state index contributed by atoms with van der Waals surface area (Å²) in [5, 5.41) is 6.08. The van der Waals surface area contributed by atoms with Gasteiger partial charge in [-0.1, -0.05) is 0 Å². The minimum Gasteiger partial charge on any atom is -0.326 e. The van der Waals surface area contributed by atoms with Crippen LogP contribution >= 0.6 is 0 Å². The molecule has 0 bridgehead atoms. The lowest BCUT2D eigenvalue weighted by atomic mass is 10.2. The van der Waals surface area contributed by atoms with Crippen LogP contribution in [0.4, 0.5) is 0 Å². The second kappa shape index (κ2) is 3.25. The molecular formula is C8H6N4O2. The number of nitrogens with zero attached hydrogens (tertiary/aromatic N) is 2. The van der Waals surface area contributed by atoms with E-state index in [-0.39, 0.29) is 11.4 Å². The first-order valence-corrected chi connectivity index (χ1v) is 3.87. The molecule has 70 valence electrons. The van der Waals surface area contributed by atoms with Gasteiger partial charge >= 0.3 is 0 Å². The Hall–Kier alpha value is -2.24. The highest BCUT2D eigenvalue weighted by Crippen LogP contribution is 1.98. The molecule has 2 aromatic rings. The summed E-state index contributed by atoms with van der Waals surface area (Å²) < 4.78 is 0. The molecule has 0 spiro atoms. The molecule has 6 nitrogen and oxygen atoms in total. The molecule has 2 aromatic heterocycles. The van der Waals surface area contributed by atoms with Crippen molar-refractivity contribution in [2.45, 2.75) is 0 Å². The molecule has 0 saturated carbocycles. The number of ketones is 1. The molecule has 14 heavy (non-hydrogen) atoms. The highest BCUT2D eigenvalue weighted by molar-refractivity contribution is 6.05. The van der Waals surface area contributed by atoms with Gasteiger partial charge in [0, 0.05) is 18.6 Å². The van der Waals surface area contributed by atoms with Crippen LogP contribution in [0.1, 0.15) is 16.2 Å². The summed E-state index contributed by atoms with van der Waals surface area (Å²) in [6, 6.07) is 1.48. The first-order chi connectivity index (χ1) is 6.79. The van der Waals surface area contributed by atoms with E-state index in [9.17, 15) is 9.59 Å². The molecule has 0 unspecified atom stereocenters. The van der Waals surface area contributed by atoms with Crippen molar-refractivity contribution in [2.24, 2.45) is 0 Å². The van der Waals surface area contributed by atoms with Crippen molar-refractivity contribution >= 4 is 5.78 Å². The molecule has 0 saturated heterocycles. The first kappa shape index (κ1) is 8.36. The van der Waals surface area contributed by atoms with Crippen LogP contribution in [-0.4, -0.2) is 25.9 Å². The van der Waals surface area contributed by atoms with Gasteiger partial charge in [0.05, 0.1) is 0 Å². The Morgan fingerprint density at radius 1 is 1.36 bits per heavy atom. The lowest BCUT2D eigenvalue weighted by molar-refractivity contribution is 0.102. The molecular weight excluding hydrogens is 184 g/mol. The molecule has 0 atom stereocenters. The van der Waals surface area contributed by atoms with E-state index in [0.717, 1.165) is 0 Å². The maximum Gasteiger partial charge on any atom is 0.278 e. The number of aromatic amines is 2. The van der Waals surface area contributed by atoms with E-state index >= 15 is 0 Å². The lowest BCUT2D eigenvalue weighted by Gasteiger charge is -1.93. The number of H-pyrrole nitrogens is 2. The Labute approximate surface area is 78.0 Å². The van der Waals surface area contributed by atoms with Gasteiger partial charge in [-0.3, -0.25) is 14.7 Å². The molecule has 2 heterocycles. The monoisotopic (exact) mass is 190 g/mol. The van der Waals surface area contributed by atoms with Gasteiger partial charge in [0.2, 0.25) is 5.78 Å². The summed E-state index contributed by atoms with van der Waals surface area (Å²) in [4.78, 5) is 28.8. The summed E-state index contributed by atoms with van der Waals surface area (Å²) in [5.41, 5.74) is -0.405. The molecule has 0 aliphatic rings. The fourth-order valence-electron chi connectivity index (χ4n) is 1.02. The molecule has 0 aromatic carbocycles. The Morgan fingerprint density at radius 2 is 2.21 bits per heavy atom. The van der Waals surface area contributed by atoms with Crippen molar-refractivity contribution in [3.8, 4) is 0 Å². The minimum absolute atomic E-state index is 0.142. The zero-order valence-corrected chi connectivity index (χ0v) is 7.02. The minimum atomic E-state index is -0.507. The van der Waals surface area contributed by atoms with Crippen molar-refractivity contribution in [3.05, 3.63) is 46.4 Å². The Bertz CT molecular complexity index is 500. The predicted molar refractivity (Wildman–Crippen MR) is 46.9 cm³/mol. The van der Waals surface area contributed by atoms with E-state index in [1.54, 1.807) is 0 Å². The second-order valence-electron chi connectivity index (χ2n) is 2.57. The fraction of sp³-hybridized carbons (Fsp3) is 0. The zero-order chi connectivity index (χ0) is 9.97. The van der Waals surface area contributed by atoms with Gasteiger partial charge in [0.15, 0.2) is 5.69 Å². The van der Waals surface area contributed by atoms with E-state index < -0.39 is 11.3 Å². The first-order valence-electron chi connectivity index (χ1n) is 3.87. The molecule has 2 N–H and O–H groups in total. The third kappa shape index (κ3) is 1.33. The van der Waals surface area contributed by atoms with Crippen LogP contribution in [0.3, 0.4) is 0 Å². The second-order valence-corrected chi connectivity index (χ2v) is 2.57. The third-order valence-electron chi connectivity index (χ3n) is 1.67. The Kier molecular flexibility index (Phi) is 1.94. The largest absolute Gasteiger partial charge is 0.326 e. The number of hydrogen-bond acceptors (Lipinski definition) is 4. The Balaban J connectivity index is 2.48. The van der Waals surface area contributed by atoms with Crippen molar-refractivity contribution in [3.63, 3.8) is 0 Å². The molecule has 0 fully saturated rings. The van der Waals surface area contributed by atoms with E-state index in [0.29, 0.717) is 0 Å². The maximum absolute atomic E-state index is 11.6. The van der Waals surface area contributed by atoms with E-state index in [4.69, 9.17) is 0 Å². The van der Waals surface area contributed by atoms with Gasteiger partial charge in [0.1, 0.15) is 5.69 Å². The SMILES string of the molecule is O=C(c1ccn[nH]1)c1ncc[nH]c1=O. The van der Waals surface area contributed by atoms with Crippen LogP contribution in [0.15, 0.2) is 29.5 Å². The van der Waals surface area contributed by atoms with Gasteiger partial charge in [-0.15, -0.1) is 0 Å². The third-order valence-corrected chi connectivity index (χ3v) is 1.67. The molecule has 0 aliphatic heterocycles. The van der Waals surface area contributed by atoms with Gasteiger partial charge in [0.25, 0.3) is 5.56 Å². The number of carbonyl (C=O) groups excluding carboxylic acids is 1. The van der Waals surface area contributed by atoms with Gasteiger partial charge in [-0.2, -0.15) is 5.10 Å². The number of nitrogens with one attached hydrogen (secondary N) is 2. The van der Waals surface area contributed by atoms with Gasteiger partial charge < -0.3 is 4.98 Å². The molecule has 0 amide bonds. The Morgan fingerprint density at radius 3 is 2.86 bits per heavy atom. The molecule has 6 heteroatoms. The molecule has 0 aliphatic carbocycles. The molecule has 2 rings (SSSR count). The average molecular weight is 190 g/mol. The predicted octanol–water partition coefficient (Wildman–Crippen LogP) is -0.276. The summed E-state index contributed by atoms with van der Waals surface area (Å²) in [6.07, 6.45) is 4.15. The van der Waals surface area contributed by atoms with Crippen LogP contribution < -0.4 is 5.56 Å². The van der Waals surface area contributed by atoms with E-state index in [1.807, 2.05) is 0 Å². The van der Waals surface area contributed by atoms with Crippen molar-refractivity contribution < 1.29 is 4.79 Å². The van der Waals surface area contributed by atoms with Crippen molar-refractivity contribution in [1.82, 2.24) is 20.2 Å². The highest BCUT2D eigenvalue weighted by atomic mass is 16.1. The fourth-order valence-corrected chi connectivity index (χ4v) is 1.02. The number of aromatic nitrogens is 4. The summed E-state index contributed by atoms with van der Waals surface area (Å²) in [5.74, 6) is -0.468. The van der Waals surface area contributed by atoms with Gasteiger partial charge in [-0.05, 0) is 6.07 Å². The maximum atomic E-state index is 11.6. The zero-order valence-electron chi connectivity index (χ0n) is 7.02. The normalized spacial score (nSPS) is 10.0. The van der Waals surface area contributed by atoms with Gasteiger partial charge in [-0.25, -0.2) is 4.98 Å². The van der Waals surface area contributed by atoms with Crippen LogP contribution in [0.25, 0.3) is 0 Å². The number of rotatable bonds is 2. The smallest absolute Gasteiger partial charge is 0.278 e. The van der Waals surface area contributed by atoms with Crippen LogP contribution in [-0.2, 0) is 0 Å².